The summed E-state index contributed by atoms with van der Waals surface area (Å²) >= 11 is 0. The minimum atomic E-state index is -4.49. The molecule has 0 amide bonds. The number of rotatable bonds is 2. The Morgan fingerprint density at radius 2 is 1.67 bits per heavy atom. The molecule has 0 saturated carbocycles. The summed E-state index contributed by atoms with van der Waals surface area (Å²) in [6, 6.07) is 4.59. The summed E-state index contributed by atoms with van der Waals surface area (Å²) in [5, 5.41) is 9.00. The van der Waals surface area contributed by atoms with Crippen molar-refractivity contribution in [2.75, 3.05) is 0 Å². The lowest BCUT2D eigenvalue weighted by atomic mass is 9.88. The summed E-state index contributed by atoms with van der Waals surface area (Å²) in [6.07, 6.45) is -4.49. The van der Waals surface area contributed by atoms with Crippen molar-refractivity contribution in [1.82, 2.24) is 4.98 Å². The SMILES string of the molecule is CC(C)c1cc(C(F)(F)F)nc(C(C)(C)C#N)c1. The van der Waals surface area contributed by atoms with E-state index in [9.17, 15) is 13.2 Å². The standard InChI is InChI=1S/C13H15F3N2/c1-8(2)9-5-10(12(3,4)7-17)18-11(6-9)13(14,15)16/h5-6,8H,1-4H3. The molecule has 0 aromatic carbocycles. The van der Waals surface area contributed by atoms with Gasteiger partial charge in [0.25, 0.3) is 0 Å². The molecule has 18 heavy (non-hydrogen) atoms. The molecule has 5 heteroatoms. The summed E-state index contributed by atoms with van der Waals surface area (Å²) in [7, 11) is 0. The highest BCUT2D eigenvalue weighted by Crippen LogP contribution is 2.32. The van der Waals surface area contributed by atoms with Crippen molar-refractivity contribution < 1.29 is 13.2 Å². The van der Waals surface area contributed by atoms with E-state index in [1.807, 2.05) is 6.07 Å². The number of hydrogen-bond acceptors (Lipinski definition) is 2. The normalized spacial score (nSPS) is 12.6. The number of alkyl halides is 3. The Morgan fingerprint density at radius 3 is 2.06 bits per heavy atom. The van der Waals surface area contributed by atoms with Gasteiger partial charge in [0, 0.05) is 0 Å². The fraction of sp³-hybridized carbons (Fsp3) is 0.538. The van der Waals surface area contributed by atoms with Gasteiger partial charge in [0.05, 0.1) is 17.2 Å². The molecule has 0 bridgehead atoms. The molecule has 0 N–H and O–H groups in total. The van der Waals surface area contributed by atoms with E-state index in [1.165, 1.54) is 0 Å². The van der Waals surface area contributed by atoms with E-state index in [0.717, 1.165) is 6.07 Å². The van der Waals surface area contributed by atoms with E-state index < -0.39 is 17.3 Å². The average molecular weight is 256 g/mol. The second-order valence-electron chi connectivity index (χ2n) is 5.06. The number of nitriles is 1. The van der Waals surface area contributed by atoms with Gasteiger partial charge in [-0.05, 0) is 37.5 Å². The van der Waals surface area contributed by atoms with Gasteiger partial charge in [0.2, 0.25) is 0 Å². The maximum atomic E-state index is 12.8. The van der Waals surface area contributed by atoms with Gasteiger partial charge in [-0.3, -0.25) is 0 Å². The molecule has 0 fully saturated rings. The van der Waals surface area contributed by atoms with Crippen molar-refractivity contribution in [2.45, 2.75) is 45.2 Å². The van der Waals surface area contributed by atoms with Crippen LogP contribution in [0.25, 0.3) is 0 Å². The number of nitrogens with zero attached hydrogens (tertiary/aromatic N) is 2. The summed E-state index contributed by atoms with van der Waals surface area (Å²) in [5.41, 5.74) is -1.28. The molecule has 1 rings (SSSR count). The van der Waals surface area contributed by atoms with Crippen LogP contribution in [-0.2, 0) is 11.6 Å². The van der Waals surface area contributed by atoms with Gasteiger partial charge in [0.1, 0.15) is 5.69 Å². The predicted octanol–water partition coefficient (Wildman–Crippen LogP) is 4.02. The second kappa shape index (κ2) is 4.60. The van der Waals surface area contributed by atoms with Crippen molar-refractivity contribution >= 4 is 0 Å². The lowest BCUT2D eigenvalue weighted by Gasteiger charge is -2.19. The van der Waals surface area contributed by atoms with E-state index in [2.05, 4.69) is 4.98 Å². The third-order valence-electron chi connectivity index (χ3n) is 2.72. The van der Waals surface area contributed by atoms with Gasteiger partial charge in [-0.1, -0.05) is 13.8 Å². The Kier molecular flexibility index (Phi) is 3.70. The molecular weight excluding hydrogens is 241 g/mol. The summed E-state index contributed by atoms with van der Waals surface area (Å²) in [5.74, 6) is -0.0534. The molecule has 1 aromatic rings. The summed E-state index contributed by atoms with van der Waals surface area (Å²) < 4.78 is 38.3. The van der Waals surface area contributed by atoms with Gasteiger partial charge < -0.3 is 0 Å². The fourth-order valence-corrected chi connectivity index (χ4v) is 1.41. The van der Waals surface area contributed by atoms with Crippen LogP contribution in [0, 0.1) is 11.3 Å². The Hall–Kier alpha value is -1.57. The van der Waals surface area contributed by atoms with Crippen LogP contribution in [0.15, 0.2) is 12.1 Å². The quantitative estimate of drug-likeness (QED) is 0.801. The number of halogens is 3. The van der Waals surface area contributed by atoms with Crippen molar-refractivity contribution in [1.29, 1.82) is 5.26 Å². The first-order valence-corrected chi connectivity index (χ1v) is 5.59. The van der Waals surface area contributed by atoms with Crippen LogP contribution in [0.1, 0.15) is 50.6 Å². The van der Waals surface area contributed by atoms with Crippen LogP contribution in [0.4, 0.5) is 13.2 Å². The highest BCUT2D eigenvalue weighted by molar-refractivity contribution is 5.32. The van der Waals surface area contributed by atoms with Crippen molar-refractivity contribution in [3.05, 3.63) is 29.1 Å². The molecule has 0 unspecified atom stereocenters. The summed E-state index contributed by atoms with van der Waals surface area (Å²) in [4.78, 5) is 3.58. The van der Waals surface area contributed by atoms with Crippen molar-refractivity contribution in [3.63, 3.8) is 0 Å². The molecule has 2 nitrogen and oxygen atoms in total. The third kappa shape index (κ3) is 3.00. The van der Waals surface area contributed by atoms with Crippen LogP contribution in [0.5, 0.6) is 0 Å². The first-order chi connectivity index (χ1) is 8.08. The van der Waals surface area contributed by atoms with Gasteiger partial charge in [-0.15, -0.1) is 0 Å². The smallest absolute Gasteiger partial charge is 0.247 e. The molecule has 1 aromatic heterocycles. The molecular formula is C13H15F3N2. The molecule has 0 aliphatic carbocycles. The van der Waals surface area contributed by atoms with Crippen molar-refractivity contribution in [2.24, 2.45) is 0 Å². The molecule has 98 valence electrons. The number of aromatic nitrogens is 1. The molecule has 0 atom stereocenters. The van der Waals surface area contributed by atoms with Gasteiger partial charge in [-0.25, -0.2) is 4.98 Å². The Bertz CT molecular complexity index is 482. The third-order valence-corrected chi connectivity index (χ3v) is 2.72. The van der Waals surface area contributed by atoms with E-state index in [-0.39, 0.29) is 11.6 Å². The zero-order valence-corrected chi connectivity index (χ0v) is 10.8. The van der Waals surface area contributed by atoms with Crippen LogP contribution in [-0.4, -0.2) is 4.98 Å². The van der Waals surface area contributed by atoms with E-state index >= 15 is 0 Å². The zero-order valence-electron chi connectivity index (χ0n) is 10.8. The second-order valence-corrected chi connectivity index (χ2v) is 5.06. The first kappa shape index (κ1) is 14.5. The lowest BCUT2D eigenvalue weighted by molar-refractivity contribution is -0.141. The van der Waals surface area contributed by atoms with Crippen LogP contribution >= 0.6 is 0 Å². The predicted molar refractivity (Wildman–Crippen MR) is 62.0 cm³/mol. The first-order valence-electron chi connectivity index (χ1n) is 5.59. The molecule has 0 aliphatic heterocycles. The average Bonchev–Trinajstić information content (AvgIpc) is 2.27. The van der Waals surface area contributed by atoms with Crippen LogP contribution < -0.4 is 0 Å². The fourth-order valence-electron chi connectivity index (χ4n) is 1.41. The highest BCUT2D eigenvalue weighted by atomic mass is 19.4. The van der Waals surface area contributed by atoms with Gasteiger partial charge >= 0.3 is 6.18 Å². The van der Waals surface area contributed by atoms with E-state index in [4.69, 9.17) is 5.26 Å². The molecule has 0 radical (unpaired) electrons. The highest BCUT2D eigenvalue weighted by Gasteiger charge is 2.35. The molecule has 1 heterocycles. The minimum absolute atomic E-state index is 0.0534. The number of pyridine rings is 1. The maximum absolute atomic E-state index is 12.8. The Labute approximate surface area is 104 Å². The zero-order chi connectivity index (χ0) is 14.1. The monoisotopic (exact) mass is 256 g/mol. The minimum Gasteiger partial charge on any atom is -0.247 e. The van der Waals surface area contributed by atoms with Crippen LogP contribution in [0.3, 0.4) is 0 Å². The summed E-state index contributed by atoms with van der Waals surface area (Å²) in [6.45, 7) is 6.72. The van der Waals surface area contributed by atoms with Gasteiger partial charge in [-0.2, -0.15) is 18.4 Å². The molecule has 0 spiro atoms. The lowest BCUT2D eigenvalue weighted by Crippen LogP contribution is -2.20. The Morgan fingerprint density at radius 1 is 1.17 bits per heavy atom. The Balaban J connectivity index is 3.47. The largest absolute Gasteiger partial charge is 0.433 e. The molecule has 0 saturated heterocycles. The van der Waals surface area contributed by atoms with E-state index in [1.54, 1.807) is 33.8 Å². The van der Waals surface area contributed by atoms with Gasteiger partial charge in [0.15, 0.2) is 0 Å². The molecule has 0 aliphatic rings. The van der Waals surface area contributed by atoms with E-state index in [0.29, 0.717) is 5.56 Å². The topological polar surface area (TPSA) is 36.7 Å². The number of hydrogen-bond donors (Lipinski definition) is 0. The maximum Gasteiger partial charge on any atom is 0.433 e. The van der Waals surface area contributed by atoms with Crippen molar-refractivity contribution in [3.8, 4) is 6.07 Å². The van der Waals surface area contributed by atoms with Crippen LogP contribution in [0.2, 0.25) is 0 Å².